The first-order valence-electron chi connectivity index (χ1n) is 8.25. The summed E-state index contributed by atoms with van der Waals surface area (Å²) < 4.78 is 0. The zero-order valence-corrected chi connectivity index (χ0v) is 12.7. The predicted molar refractivity (Wildman–Crippen MR) is 80.0 cm³/mol. The van der Waals surface area contributed by atoms with Gasteiger partial charge in [-0.05, 0) is 19.3 Å². The van der Waals surface area contributed by atoms with Crippen LogP contribution in [-0.2, 0) is 4.79 Å². The van der Waals surface area contributed by atoms with Crippen LogP contribution in [0, 0.1) is 11.8 Å². The maximum absolute atomic E-state index is 12.7. The highest BCUT2D eigenvalue weighted by Crippen LogP contribution is 2.26. The van der Waals surface area contributed by atoms with Crippen molar-refractivity contribution >= 4 is 11.6 Å². The van der Waals surface area contributed by atoms with Gasteiger partial charge >= 0.3 is 0 Å². The minimum absolute atomic E-state index is 0.237. The van der Waals surface area contributed by atoms with Gasteiger partial charge in [0.1, 0.15) is 0 Å². The Kier molecular flexibility index (Phi) is 5.86. The van der Waals surface area contributed by atoms with Crippen LogP contribution in [0.15, 0.2) is 5.16 Å². The van der Waals surface area contributed by atoms with E-state index in [1.54, 1.807) is 0 Å². The number of hydrogen-bond acceptors (Lipinski definition) is 3. The van der Waals surface area contributed by atoms with Gasteiger partial charge in [-0.25, -0.2) is 0 Å². The number of likely N-dealkylation sites (tertiary alicyclic amines) is 1. The molecule has 1 aliphatic carbocycles. The summed E-state index contributed by atoms with van der Waals surface area (Å²) in [6.45, 7) is 3.57. The third-order valence-corrected chi connectivity index (χ3v) is 4.94. The predicted octanol–water partition coefficient (Wildman–Crippen LogP) is 3.44. The standard InChI is InChI=1S/C16H28N2O2/c1-2-13-12-18(11-10-15(13)17-20)16(19)14-8-6-4-3-5-7-9-14/h13-14,20H,2-12H2,1H3. The summed E-state index contributed by atoms with van der Waals surface area (Å²) in [6.07, 6.45) is 10.1. The quantitative estimate of drug-likeness (QED) is 0.622. The highest BCUT2D eigenvalue weighted by molar-refractivity contribution is 5.89. The number of hydrogen-bond donors (Lipinski definition) is 1. The molecule has 1 saturated heterocycles. The minimum Gasteiger partial charge on any atom is -0.411 e. The summed E-state index contributed by atoms with van der Waals surface area (Å²) in [5.74, 6) is 0.828. The molecule has 2 fully saturated rings. The molecule has 1 unspecified atom stereocenters. The monoisotopic (exact) mass is 280 g/mol. The first kappa shape index (κ1) is 15.3. The van der Waals surface area contributed by atoms with Gasteiger partial charge in [0, 0.05) is 31.3 Å². The molecule has 1 atom stereocenters. The van der Waals surface area contributed by atoms with Crippen LogP contribution in [0.1, 0.15) is 64.7 Å². The van der Waals surface area contributed by atoms with E-state index in [1.165, 1.54) is 32.1 Å². The van der Waals surface area contributed by atoms with Crippen molar-refractivity contribution in [3.8, 4) is 0 Å². The highest BCUT2D eigenvalue weighted by atomic mass is 16.4. The first-order valence-corrected chi connectivity index (χ1v) is 8.25. The van der Waals surface area contributed by atoms with Gasteiger partial charge < -0.3 is 10.1 Å². The first-order chi connectivity index (χ1) is 9.76. The highest BCUT2D eigenvalue weighted by Gasteiger charge is 2.31. The van der Waals surface area contributed by atoms with Crippen molar-refractivity contribution < 1.29 is 10.0 Å². The largest absolute Gasteiger partial charge is 0.411 e. The molecule has 1 amide bonds. The van der Waals surface area contributed by atoms with Gasteiger partial charge in [-0.15, -0.1) is 0 Å². The van der Waals surface area contributed by atoms with E-state index in [0.717, 1.165) is 44.5 Å². The maximum atomic E-state index is 12.7. The molecule has 0 aromatic carbocycles. The summed E-state index contributed by atoms with van der Waals surface area (Å²) in [4.78, 5) is 14.7. The van der Waals surface area contributed by atoms with Gasteiger partial charge in [0.25, 0.3) is 0 Å². The van der Waals surface area contributed by atoms with E-state index in [2.05, 4.69) is 12.1 Å². The van der Waals surface area contributed by atoms with Crippen molar-refractivity contribution in [2.45, 2.75) is 64.7 Å². The Labute approximate surface area is 122 Å². The summed E-state index contributed by atoms with van der Waals surface area (Å²) >= 11 is 0. The number of rotatable bonds is 2. The second-order valence-corrected chi connectivity index (χ2v) is 6.27. The molecule has 20 heavy (non-hydrogen) atoms. The molecule has 2 aliphatic rings. The molecule has 0 spiro atoms. The van der Waals surface area contributed by atoms with Crippen LogP contribution in [0.25, 0.3) is 0 Å². The smallest absolute Gasteiger partial charge is 0.225 e. The molecule has 2 rings (SSSR count). The van der Waals surface area contributed by atoms with Crippen LogP contribution in [-0.4, -0.2) is 34.8 Å². The van der Waals surface area contributed by atoms with Crippen LogP contribution in [0.5, 0.6) is 0 Å². The van der Waals surface area contributed by atoms with Crippen LogP contribution in [0.4, 0.5) is 0 Å². The lowest BCUT2D eigenvalue weighted by molar-refractivity contribution is -0.137. The molecule has 0 aromatic rings. The zero-order valence-electron chi connectivity index (χ0n) is 12.7. The summed E-state index contributed by atoms with van der Waals surface area (Å²) in [6, 6.07) is 0. The van der Waals surface area contributed by atoms with Gasteiger partial charge in [0.15, 0.2) is 0 Å². The molecule has 0 radical (unpaired) electrons. The van der Waals surface area contributed by atoms with E-state index in [9.17, 15) is 4.79 Å². The van der Waals surface area contributed by atoms with Crippen LogP contribution < -0.4 is 0 Å². The van der Waals surface area contributed by atoms with Gasteiger partial charge in [0.2, 0.25) is 5.91 Å². The van der Waals surface area contributed by atoms with Crippen molar-refractivity contribution in [1.82, 2.24) is 4.90 Å². The number of carbonyl (C=O) groups excluding carboxylic acids is 1. The van der Waals surface area contributed by atoms with Gasteiger partial charge in [-0.3, -0.25) is 4.79 Å². The van der Waals surface area contributed by atoms with E-state index in [0.29, 0.717) is 5.91 Å². The van der Waals surface area contributed by atoms with Gasteiger partial charge in [-0.1, -0.05) is 44.2 Å². The Bertz CT molecular complexity index is 346. The average Bonchev–Trinajstić information content (AvgIpc) is 2.45. The van der Waals surface area contributed by atoms with Gasteiger partial charge in [-0.2, -0.15) is 0 Å². The van der Waals surface area contributed by atoms with E-state index in [-0.39, 0.29) is 11.8 Å². The molecule has 0 aromatic heterocycles. The fourth-order valence-corrected chi connectivity index (χ4v) is 3.57. The topological polar surface area (TPSA) is 52.9 Å². The third-order valence-electron chi connectivity index (χ3n) is 4.94. The molecule has 114 valence electrons. The number of amides is 1. The Morgan fingerprint density at radius 2 is 1.90 bits per heavy atom. The average molecular weight is 280 g/mol. The lowest BCUT2D eigenvalue weighted by Gasteiger charge is -2.35. The van der Waals surface area contributed by atoms with Crippen molar-refractivity contribution in [3.05, 3.63) is 0 Å². The third kappa shape index (κ3) is 3.74. The summed E-state index contributed by atoms with van der Waals surface area (Å²) in [5.41, 5.74) is 0.870. The Balaban J connectivity index is 1.94. The SMILES string of the molecule is CCC1CN(C(=O)C2CCCCCCC2)CCC1=NO. The number of nitrogens with zero attached hydrogens (tertiary/aromatic N) is 2. The molecule has 4 heteroatoms. The fourth-order valence-electron chi connectivity index (χ4n) is 3.57. The van der Waals surface area contributed by atoms with E-state index in [4.69, 9.17) is 5.21 Å². The lowest BCUT2D eigenvalue weighted by atomic mass is 9.88. The second-order valence-electron chi connectivity index (χ2n) is 6.27. The molecule has 1 saturated carbocycles. The Morgan fingerprint density at radius 1 is 1.25 bits per heavy atom. The molecule has 1 N–H and O–H groups in total. The van der Waals surface area contributed by atoms with Crippen LogP contribution >= 0.6 is 0 Å². The number of piperidine rings is 1. The minimum atomic E-state index is 0.237. The van der Waals surface area contributed by atoms with E-state index >= 15 is 0 Å². The maximum Gasteiger partial charge on any atom is 0.225 e. The molecular formula is C16H28N2O2. The normalized spacial score (nSPS) is 28.1. The van der Waals surface area contributed by atoms with Crippen molar-refractivity contribution in [2.24, 2.45) is 17.0 Å². The molecule has 1 aliphatic heterocycles. The summed E-state index contributed by atoms with van der Waals surface area (Å²) in [5, 5.41) is 12.4. The van der Waals surface area contributed by atoms with Crippen molar-refractivity contribution in [2.75, 3.05) is 13.1 Å². The molecular weight excluding hydrogens is 252 g/mol. The van der Waals surface area contributed by atoms with Crippen LogP contribution in [0.3, 0.4) is 0 Å². The molecule has 4 nitrogen and oxygen atoms in total. The summed E-state index contributed by atoms with van der Waals surface area (Å²) in [7, 11) is 0. The number of carbonyl (C=O) groups is 1. The second kappa shape index (κ2) is 7.65. The van der Waals surface area contributed by atoms with Crippen molar-refractivity contribution in [3.63, 3.8) is 0 Å². The Morgan fingerprint density at radius 3 is 2.50 bits per heavy atom. The van der Waals surface area contributed by atoms with Crippen LogP contribution in [0.2, 0.25) is 0 Å². The van der Waals surface area contributed by atoms with Gasteiger partial charge in [0.05, 0.1) is 5.71 Å². The van der Waals surface area contributed by atoms with E-state index < -0.39 is 0 Å². The van der Waals surface area contributed by atoms with Crippen molar-refractivity contribution in [1.29, 1.82) is 0 Å². The number of oxime groups is 1. The molecule has 1 heterocycles. The van der Waals surface area contributed by atoms with E-state index in [1.807, 2.05) is 4.90 Å². The lowest BCUT2D eigenvalue weighted by Crippen LogP contribution is -2.46. The zero-order chi connectivity index (χ0) is 14.4. The fraction of sp³-hybridized carbons (Fsp3) is 0.875. The molecule has 0 bridgehead atoms. The Hall–Kier alpha value is -1.06.